The molecule has 1 N–H and O–H groups in total. The van der Waals surface area contributed by atoms with Crippen LogP contribution < -0.4 is 0 Å². The lowest BCUT2D eigenvalue weighted by atomic mass is 9.75. The zero-order valence-electron chi connectivity index (χ0n) is 7.35. The van der Waals surface area contributed by atoms with Crippen molar-refractivity contribution in [3.05, 3.63) is 9.15 Å². The first-order valence-electron chi connectivity index (χ1n) is 4.02. The highest BCUT2D eigenvalue weighted by Crippen LogP contribution is 2.37. The van der Waals surface area contributed by atoms with Gasteiger partial charge in [-0.1, -0.05) is 6.92 Å². The molecule has 0 fully saturated rings. The van der Waals surface area contributed by atoms with Crippen LogP contribution in [0.4, 0.5) is 0 Å². The number of rotatable bonds is 1. The van der Waals surface area contributed by atoms with Crippen LogP contribution in [0.1, 0.15) is 26.7 Å². The fraction of sp³-hybridized carbons (Fsp3) is 0.667. The molecule has 0 aliphatic heterocycles. The van der Waals surface area contributed by atoms with E-state index < -0.39 is 5.41 Å². The average Bonchev–Trinajstić information content (AvgIpc) is 2.09. The molecule has 1 rings (SSSR count). The van der Waals surface area contributed by atoms with Crippen LogP contribution in [0.25, 0.3) is 0 Å². The monoisotopic (exact) mass is 280 g/mol. The van der Waals surface area contributed by atoms with E-state index in [1.54, 1.807) is 0 Å². The molecule has 0 bridgehead atoms. The second kappa shape index (κ2) is 3.46. The average molecular weight is 280 g/mol. The minimum Gasteiger partial charge on any atom is -0.395 e. The number of hydrogen-bond acceptors (Lipinski definition) is 2. The van der Waals surface area contributed by atoms with E-state index >= 15 is 0 Å². The number of carbonyl (C=O) groups is 1. The van der Waals surface area contributed by atoms with Crippen molar-refractivity contribution in [2.45, 2.75) is 26.7 Å². The fourth-order valence-electron chi connectivity index (χ4n) is 1.41. The summed E-state index contributed by atoms with van der Waals surface area (Å²) in [6.07, 6.45) is 1.70. The summed E-state index contributed by atoms with van der Waals surface area (Å²) in [6, 6.07) is 0. The number of carbonyl (C=O) groups excluding carboxylic acids is 1. The summed E-state index contributed by atoms with van der Waals surface area (Å²) >= 11 is 2.21. The summed E-state index contributed by atoms with van der Waals surface area (Å²) in [4.78, 5) is 11.7. The Hall–Kier alpha value is 0.100. The van der Waals surface area contributed by atoms with Gasteiger partial charge in [-0.25, -0.2) is 0 Å². The largest absolute Gasteiger partial charge is 0.395 e. The van der Waals surface area contributed by atoms with Crippen molar-refractivity contribution in [2.75, 3.05) is 6.61 Å². The zero-order chi connectivity index (χ0) is 9.35. The van der Waals surface area contributed by atoms with Gasteiger partial charge in [0.1, 0.15) is 0 Å². The third-order valence-corrected chi connectivity index (χ3v) is 3.89. The molecule has 1 aliphatic rings. The molecular formula is C9H13IO2. The molecule has 0 spiro atoms. The number of aliphatic hydroxyl groups is 1. The Morgan fingerprint density at radius 2 is 2.25 bits per heavy atom. The highest BCUT2D eigenvalue weighted by Gasteiger charge is 2.36. The first-order chi connectivity index (χ1) is 5.51. The van der Waals surface area contributed by atoms with Gasteiger partial charge in [0.2, 0.25) is 0 Å². The third kappa shape index (κ3) is 1.57. The Balaban J connectivity index is 2.99. The molecule has 0 radical (unpaired) electrons. The van der Waals surface area contributed by atoms with E-state index in [1.807, 2.05) is 13.8 Å². The third-order valence-electron chi connectivity index (χ3n) is 2.54. The maximum atomic E-state index is 11.7. The molecule has 0 aromatic rings. The summed E-state index contributed by atoms with van der Waals surface area (Å²) in [7, 11) is 0. The molecule has 0 aromatic heterocycles. The molecule has 0 saturated carbocycles. The minimum atomic E-state index is -0.515. The van der Waals surface area contributed by atoms with Gasteiger partial charge < -0.3 is 5.11 Å². The molecule has 0 amide bonds. The topological polar surface area (TPSA) is 37.3 Å². The SMILES string of the molecule is CC1=C(I)CCC(C)(CO)C1=O. The molecule has 0 saturated heterocycles. The Bertz CT molecular complexity index is 245. The van der Waals surface area contributed by atoms with Crippen LogP contribution in [0.15, 0.2) is 9.15 Å². The zero-order valence-corrected chi connectivity index (χ0v) is 9.51. The molecule has 68 valence electrons. The Kier molecular flexibility index (Phi) is 2.93. The summed E-state index contributed by atoms with van der Waals surface area (Å²) in [5.41, 5.74) is 0.317. The van der Waals surface area contributed by atoms with Crippen LogP contribution in [0, 0.1) is 5.41 Å². The number of aliphatic hydroxyl groups excluding tert-OH is 1. The highest BCUT2D eigenvalue weighted by molar-refractivity contribution is 14.1. The predicted molar refractivity (Wildman–Crippen MR) is 56.2 cm³/mol. The molecule has 3 heteroatoms. The summed E-state index contributed by atoms with van der Waals surface area (Å²) in [6.45, 7) is 3.65. The number of ketones is 1. The Morgan fingerprint density at radius 3 is 2.75 bits per heavy atom. The fourth-order valence-corrected chi connectivity index (χ4v) is 1.93. The number of halogens is 1. The van der Waals surface area contributed by atoms with Gasteiger partial charge in [-0.3, -0.25) is 4.79 Å². The Labute approximate surface area is 86.2 Å². The van der Waals surface area contributed by atoms with Gasteiger partial charge in [0.15, 0.2) is 5.78 Å². The second-order valence-electron chi connectivity index (χ2n) is 3.58. The maximum absolute atomic E-state index is 11.7. The number of allylic oxidation sites excluding steroid dienone is 2. The summed E-state index contributed by atoms with van der Waals surface area (Å²) < 4.78 is 1.14. The molecule has 0 heterocycles. The van der Waals surface area contributed by atoms with Gasteiger partial charge in [-0.05, 0) is 45.9 Å². The van der Waals surface area contributed by atoms with Crippen molar-refractivity contribution < 1.29 is 9.90 Å². The molecule has 12 heavy (non-hydrogen) atoms. The van der Waals surface area contributed by atoms with Crippen molar-refractivity contribution in [3.8, 4) is 0 Å². The van der Waals surface area contributed by atoms with Gasteiger partial charge in [0.05, 0.1) is 12.0 Å². The van der Waals surface area contributed by atoms with E-state index in [9.17, 15) is 4.79 Å². The van der Waals surface area contributed by atoms with Crippen LogP contribution in [-0.2, 0) is 4.79 Å². The predicted octanol–water partition coefficient (Wildman–Crippen LogP) is 2.06. The lowest BCUT2D eigenvalue weighted by Crippen LogP contribution is -2.35. The Morgan fingerprint density at radius 1 is 1.67 bits per heavy atom. The van der Waals surface area contributed by atoms with Gasteiger partial charge in [-0.15, -0.1) is 0 Å². The van der Waals surface area contributed by atoms with E-state index in [4.69, 9.17) is 5.11 Å². The van der Waals surface area contributed by atoms with E-state index in [0.29, 0.717) is 0 Å². The minimum absolute atomic E-state index is 0.0346. The van der Waals surface area contributed by atoms with Crippen molar-refractivity contribution in [2.24, 2.45) is 5.41 Å². The van der Waals surface area contributed by atoms with Crippen LogP contribution in [0.3, 0.4) is 0 Å². The molecular weight excluding hydrogens is 267 g/mol. The van der Waals surface area contributed by atoms with Crippen LogP contribution in [0.2, 0.25) is 0 Å². The number of hydrogen-bond donors (Lipinski definition) is 1. The van der Waals surface area contributed by atoms with Gasteiger partial charge >= 0.3 is 0 Å². The van der Waals surface area contributed by atoms with E-state index in [0.717, 1.165) is 22.0 Å². The highest BCUT2D eigenvalue weighted by atomic mass is 127. The normalized spacial score (nSPS) is 31.2. The molecule has 1 atom stereocenters. The van der Waals surface area contributed by atoms with Crippen LogP contribution in [-0.4, -0.2) is 17.5 Å². The van der Waals surface area contributed by atoms with Gasteiger partial charge in [0, 0.05) is 5.57 Å². The smallest absolute Gasteiger partial charge is 0.167 e. The maximum Gasteiger partial charge on any atom is 0.167 e. The lowest BCUT2D eigenvalue weighted by molar-refractivity contribution is -0.127. The van der Waals surface area contributed by atoms with Crippen LogP contribution >= 0.6 is 22.6 Å². The standard InChI is InChI=1S/C9H13IO2/c1-6-7(10)3-4-9(2,5-11)8(6)12/h11H,3-5H2,1-2H3. The van der Waals surface area contributed by atoms with Gasteiger partial charge in [-0.2, -0.15) is 0 Å². The van der Waals surface area contributed by atoms with E-state index in [2.05, 4.69) is 22.6 Å². The van der Waals surface area contributed by atoms with E-state index in [-0.39, 0.29) is 12.4 Å². The molecule has 2 nitrogen and oxygen atoms in total. The molecule has 1 unspecified atom stereocenters. The number of Topliss-reactive ketones (excluding diaryl/α,β-unsaturated/α-hetero) is 1. The summed E-state index contributed by atoms with van der Waals surface area (Å²) in [5.74, 6) is 0.112. The van der Waals surface area contributed by atoms with Crippen molar-refractivity contribution in [3.63, 3.8) is 0 Å². The van der Waals surface area contributed by atoms with Crippen molar-refractivity contribution in [1.29, 1.82) is 0 Å². The first kappa shape index (κ1) is 10.2. The quantitative estimate of drug-likeness (QED) is 0.746. The van der Waals surface area contributed by atoms with Gasteiger partial charge in [0.25, 0.3) is 0 Å². The van der Waals surface area contributed by atoms with Crippen molar-refractivity contribution >= 4 is 28.4 Å². The van der Waals surface area contributed by atoms with E-state index in [1.165, 1.54) is 0 Å². The van der Waals surface area contributed by atoms with Crippen LogP contribution in [0.5, 0.6) is 0 Å². The lowest BCUT2D eigenvalue weighted by Gasteiger charge is -2.30. The molecule has 0 aromatic carbocycles. The van der Waals surface area contributed by atoms with Crippen molar-refractivity contribution in [1.82, 2.24) is 0 Å². The molecule has 1 aliphatic carbocycles. The summed E-state index contributed by atoms with van der Waals surface area (Å²) in [5, 5.41) is 9.08. The second-order valence-corrected chi connectivity index (χ2v) is 4.88. The first-order valence-corrected chi connectivity index (χ1v) is 5.10.